The lowest BCUT2D eigenvalue weighted by Crippen LogP contribution is -2.32. The summed E-state index contributed by atoms with van der Waals surface area (Å²) in [4.78, 5) is 27.5. The molecule has 0 aliphatic carbocycles. The molecule has 182 valence electrons. The van der Waals surface area contributed by atoms with Crippen LogP contribution < -0.4 is 18.9 Å². The van der Waals surface area contributed by atoms with Gasteiger partial charge in [-0.05, 0) is 48.9 Å². The summed E-state index contributed by atoms with van der Waals surface area (Å²) < 4.78 is 26.9. The quantitative estimate of drug-likeness (QED) is 0.320. The average Bonchev–Trinajstić information content (AvgIpc) is 3.11. The molecule has 1 aliphatic heterocycles. The van der Waals surface area contributed by atoms with Crippen molar-refractivity contribution >= 4 is 17.4 Å². The van der Waals surface area contributed by atoms with Gasteiger partial charge in [0.1, 0.15) is 11.5 Å². The number of ether oxygens (including phenoxy) is 5. The second kappa shape index (κ2) is 10.9. The summed E-state index contributed by atoms with van der Waals surface area (Å²) in [5.41, 5.74) is 0.850. The van der Waals surface area contributed by atoms with Gasteiger partial charge in [-0.2, -0.15) is 0 Å². The lowest BCUT2D eigenvalue weighted by molar-refractivity contribution is -0.140. The third kappa shape index (κ3) is 4.65. The van der Waals surface area contributed by atoms with E-state index in [9.17, 15) is 14.7 Å². The first-order chi connectivity index (χ1) is 16.4. The smallest absolute Gasteiger partial charge is 0.295 e. The Morgan fingerprint density at radius 2 is 1.59 bits per heavy atom. The van der Waals surface area contributed by atoms with Gasteiger partial charge in [0.15, 0.2) is 11.5 Å². The highest BCUT2D eigenvalue weighted by Gasteiger charge is 2.46. The number of likely N-dealkylation sites (tertiary alicyclic amines) is 1. The van der Waals surface area contributed by atoms with Gasteiger partial charge in [0.25, 0.3) is 11.7 Å². The number of amides is 1. The summed E-state index contributed by atoms with van der Waals surface area (Å²) >= 11 is 0. The van der Waals surface area contributed by atoms with E-state index in [1.165, 1.54) is 33.3 Å². The molecule has 3 rings (SSSR count). The van der Waals surface area contributed by atoms with Crippen molar-refractivity contribution in [2.24, 2.45) is 0 Å². The lowest BCUT2D eigenvalue weighted by Gasteiger charge is -2.26. The summed E-state index contributed by atoms with van der Waals surface area (Å²) in [6.07, 6.45) is 0. The Morgan fingerprint density at radius 3 is 2.09 bits per heavy atom. The highest BCUT2D eigenvalue weighted by Crippen LogP contribution is 2.45. The van der Waals surface area contributed by atoms with E-state index in [4.69, 9.17) is 23.7 Å². The van der Waals surface area contributed by atoms with E-state index < -0.39 is 17.7 Å². The predicted octanol–water partition coefficient (Wildman–Crippen LogP) is 3.18. The van der Waals surface area contributed by atoms with Gasteiger partial charge in [0.2, 0.25) is 5.75 Å². The van der Waals surface area contributed by atoms with Gasteiger partial charge >= 0.3 is 0 Å². The molecule has 9 nitrogen and oxygen atoms in total. The largest absolute Gasteiger partial charge is 0.507 e. The Morgan fingerprint density at radius 1 is 0.971 bits per heavy atom. The number of Topliss-reactive ketones (excluding diaryl/α,β-unsaturated/α-hetero) is 1. The number of aliphatic hydroxyl groups excluding tert-OH is 1. The van der Waals surface area contributed by atoms with Crippen LogP contribution >= 0.6 is 0 Å². The van der Waals surface area contributed by atoms with Crippen molar-refractivity contribution in [3.8, 4) is 23.0 Å². The zero-order valence-corrected chi connectivity index (χ0v) is 19.9. The topological polar surface area (TPSA) is 104 Å². The molecule has 34 heavy (non-hydrogen) atoms. The molecule has 0 unspecified atom stereocenters. The molecule has 0 spiro atoms. The molecule has 0 bridgehead atoms. The molecule has 1 heterocycles. The van der Waals surface area contributed by atoms with Gasteiger partial charge in [-0.15, -0.1) is 0 Å². The van der Waals surface area contributed by atoms with Gasteiger partial charge in [-0.1, -0.05) is 0 Å². The molecule has 1 saturated heterocycles. The maximum atomic E-state index is 13.1. The van der Waals surface area contributed by atoms with Crippen molar-refractivity contribution in [2.45, 2.75) is 13.0 Å². The Bertz CT molecular complexity index is 1050. The minimum atomic E-state index is -0.893. The maximum absolute atomic E-state index is 13.1. The van der Waals surface area contributed by atoms with Crippen molar-refractivity contribution in [3.63, 3.8) is 0 Å². The molecule has 0 radical (unpaired) electrons. The summed E-state index contributed by atoms with van der Waals surface area (Å²) in [7, 11) is 5.94. The van der Waals surface area contributed by atoms with Gasteiger partial charge in [0.05, 0.1) is 46.2 Å². The number of rotatable bonds is 10. The molecule has 9 heteroatoms. The van der Waals surface area contributed by atoms with Crippen LogP contribution in [0.3, 0.4) is 0 Å². The molecule has 1 N–H and O–H groups in total. The Balaban J connectivity index is 2.21. The van der Waals surface area contributed by atoms with Crippen LogP contribution in [0.25, 0.3) is 5.76 Å². The third-order valence-electron chi connectivity index (χ3n) is 5.52. The first kappa shape index (κ1) is 24.9. The highest BCUT2D eigenvalue weighted by atomic mass is 16.5. The van der Waals surface area contributed by atoms with Crippen LogP contribution in [0.5, 0.6) is 23.0 Å². The van der Waals surface area contributed by atoms with Crippen molar-refractivity contribution in [1.82, 2.24) is 4.90 Å². The SMILES string of the molecule is CCOc1ccc(C(O)=C2C(=O)C(=O)N(CCOC)[C@@H]2c2cc(OC)c(OC)c(OC)c2)cc1. The van der Waals surface area contributed by atoms with Crippen LogP contribution in [0.15, 0.2) is 42.0 Å². The first-order valence-corrected chi connectivity index (χ1v) is 10.7. The fourth-order valence-electron chi connectivity index (χ4n) is 3.94. The maximum Gasteiger partial charge on any atom is 0.295 e. The first-order valence-electron chi connectivity index (χ1n) is 10.7. The summed E-state index contributed by atoms with van der Waals surface area (Å²) in [5.74, 6) is -0.107. The number of hydrogen-bond donors (Lipinski definition) is 1. The zero-order chi connectivity index (χ0) is 24.8. The zero-order valence-electron chi connectivity index (χ0n) is 19.9. The molecule has 2 aromatic rings. The van der Waals surface area contributed by atoms with E-state index in [0.717, 1.165) is 0 Å². The van der Waals surface area contributed by atoms with Gasteiger partial charge in [0, 0.05) is 19.2 Å². The van der Waals surface area contributed by atoms with Crippen LogP contribution in [0.4, 0.5) is 0 Å². The minimum Gasteiger partial charge on any atom is -0.507 e. The standard InChI is InChI=1S/C25H29NO8/c1-6-34-17-9-7-15(8-10-17)22(27)20-21(26(11-12-30-2)25(29)23(20)28)16-13-18(31-3)24(33-5)19(14-16)32-4/h7-10,13-14,21,27H,6,11-12H2,1-5H3/t21-/m1/s1. The number of benzene rings is 2. The number of nitrogens with zero attached hydrogens (tertiary/aromatic N) is 1. The van der Waals surface area contributed by atoms with Crippen LogP contribution in [0, 0.1) is 0 Å². The van der Waals surface area contributed by atoms with Gasteiger partial charge < -0.3 is 33.7 Å². The van der Waals surface area contributed by atoms with Crippen molar-refractivity contribution in [2.75, 3.05) is 48.2 Å². The van der Waals surface area contributed by atoms with E-state index in [0.29, 0.717) is 40.7 Å². The van der Waals surface area contributed by atoms with Crippen molar-refractivity contribution < 1.29 is 38.4 Å². The van der Waals surface area contributed by atoms with Crippen LogP contribution in [-0.4, -0.2) is 69.9 Å². The summed E-state index contributed by atoms with van der Waals surface area (Å²) in [6.45, 7) is 2.71. The summed E-state index contributed by atoms with van der Waals surface area (Å²) in [6, 6.07) is 9.06. The van der Waals surface area contributed by atoms with Crippen molar-refractivity contribution in [1.29, 1.82) is 0 Å². The van der Waals surface area contributed by atoms with E-state index in [-0.39, 0.29) is 24.5 Å². The fourth-order valence-corrected chi connectivity index (χ4v) is 3.94. The molecule has 1 atom stereocenters. The van der Waals surface area contributed by atoms with Crippen molar-refractivity contribution in [3.05, 3.63) is 53.1 Å². The van der Waals surface area contributed by atoms with Crippen LogP contribution in [0.1, 0.15) is 24.1 Å². The second-order valence-electron chi connectivity index (χ2n) is 7.40. The number of methoxy groups -OCH3 is 4. The minimum absolute atomic E-state index is 0.0421. The number of ketones is 1. The second-order valence-corrected chi connectivity index (χ2v) is 7.40. The number of carbonyl (C=O) groups is 2. The van der Waals surface area contributed by atoms with Gasteiger partial charge in [-0.3, -0.25) is 9.59 Å². The molecule has 1 fully saturated rings. The normalized spacial score (nSPS) is 17.1. The number of hydrogen-bond acceptors (Lipinski definition) is 8. The lowest BCUT2D eigenvalue weighted by atomic mass is 9.94. The molecule has 0 saturated carbocycles. The fraction of sp³-hybridized carbons (Fsp3) is 0.360. The highest BCUT2D eigenvalue weighted by molar-refractivity contribution is 6.46. The van der Waals surface area contributed by atoms with Crippen LogP contribution in [0.2, 0.25) is 0 Å². The van der Waals surface area contributed by atoms with E-state index >= 15 is 0 Å². The predicted molar refractivity (Wildman–Crippen MR) is 125 cm³/mol. The Kier molecular flexibility index (Phi) is 8.01. The van der Waals surface area contributed by atoms with Crippen LogP contribution in [-0.2, 0) is 14.3 Å². The van der Waals surface area contributed by atoms with E-state index in [2.05, 4.69) is 0 Å². The molecule has 0 aromatic heterocycles. The Hall–Kier alpha value is -3.72. The third-order valence-corrected chi connectivity index (χ3v) is 5.52. The number of carbonyl (C=O) groups excluding carboxylic acids is 2. The summed E-state index contributed by atoms with van der Waals surface area (Å²) in [5, 5.41) is 11.2. The molecule has 1 aliphatic rings. The molecular formula is C25H29NO8. The van der Waals surface area contributed by atoms with E-state index in [1.807, 2.05) is 6.92 Å². The average molecular weight is 472 g/mol. The Labute approximate surface area is 198 Å². The molecule has 2 aromatic carbocycles. The molecular weight excluding hydrogens is 442 g/mol. The monoisotopic (exact) mass is 471 g/mol. The van der Waals surface area contributed by atoms with Gasteiger partial charge in [-0.25, -0.2) is 0 Å². The number of aliphatic hydroxyl groups is 1. The van der Waals surface area contributed by atoms with E-state index in [1.54, 1.807) is 36.4 Å². The molecule has 1 amide bonds.